The lowest BCUT2D eigenvalue weighted by Crippen LogP contribution is -2.45. The number of likely N-dealkylation sites (tertiary alicyclic amines) is 1. The van der Waals surface area contributed by atoms with Gasteiger partial charge in [-0.1, -0.05) is 0 Å². The maximum atomic E-state index is 14.0. The fourth-order valence-corrected chi connectivity index (χ4v) is 3.25. The van der Waals surface area contributed by atoms with Crippen LogP contribution in [0.2, 0.25) is 0 Å². The first-order valence-electron chi connectivity index (χ1n) is 8.36. The number of piperidine rings is 1. The summed E-state index contributed by atoms with van der Waals surface area (Å²) >= 11 is 0. The third-order valence-electron chi connectivity index (χ3n) is 4.86. The number of rotatable bonds is 2. The molecule has 6 heteroatoms. The standard InChI is InChI=1S/C18H23FN4O/c1-10(20)13-5-4-6-23(9-13)18(24)15-7-14(19)8-16-17(15)22-12(3)11(2)21-16/h7-8,10,13H,4-6,9,20H2,1-3H3. The Morgan fingerprint density at radius 2 is 2.04 bits per heavy atom. The van der Waals surface area contributed by atoms with E-state index in [9.17, 15) is 9.18 Å². The summed E-state index contributed by atoms with van der Waals surface area (Å²) in [4.78, 5) is 23.6. The number of hydrogen-bond donors (Lipinski definition) is 1. The van der Waals surface area contributed by atoms with Gasteiger partial charge in [-0.2, -0.15) is 0 Å². The van der Waals surface area contributed by atoms with Gasteiger partial charge in [0.05, 0.1) is 22.5 Å². The van der Waals surface area contributed by atoms with E-state index < -0.39 is 5.82 Å². The maximum Gasteiger partial charge on any atom is 0.256 e. The molecule has 0 radical (unpaired) electrons. The molecule has 1 amide bonds. The van der Waals surface area contributed by atoms with Crippen LogP contribution in [0.25, 0.3) is 11.0 Å². The van der Waals surface area contributed by atoms with Crippen LogP contribution in [-0.2, 0) is 0 Å². The van der Waals surface area contributed by atoms with Crippen LogP contribution in [0.3, 0.4) is 0 Å². The van der Waals surface area contributed by atoms with E-state index in [1.54, 1.807) is 4.90 Å². The van der Waals surface area contributed by atoms with Crippen LogP contribution in [0.1, 0.15) is 41.5 Å². The molecule has 1 aromatic carbocycles. The fraction of sp³-hybridized carbons (Fsp3) is 0.500. The van der Waals surface area contributed by atoms with E-state index in [4.69, 9.17) is 5.73 Å². The minimum Gasteiger partial charge on any atom is -0.338 e. The lowest BCUT2D eigenvalue weighted by atomic mass is 9.91. The number of amides is 1. The van der Waals surface area contributed by atoms with Crippen LogP contribution in [0, 0.1) is 25.6 Å². The molecule has 1 aromatic heterocycles. The first kappa shape index (κ1) is 16.8. The maximum absolute atomic E-state index is 14.0. The SMILES string of the molecule is Cc1nc2cc(F)cc(C(=O)N3CCCC(C(C)N)C3)c2nc1C. The molecular weight excluding hydrogens is 307 g/mol. The highest BCUT2D eigenvalue weighted by atomic mass is 19.1. The Morgan fingerprint density at radius 3 is 2.75 bits per heavy atom. The van der Waals surface area contributed by atoms with Crippen LogP contribution in [0.15, 0.2) is 12.1 Å². The van der Waals surface area contributed by atoms with E-state index in [-0.39, 0.29) is 23.4 Å². The van der Waals surface area contributed by atoms with E-state index in [1.807, 2.05) is 20.8 Å². The van der Waals surface area contributed by atoms with Crippen molar-refractivity contribution in [3.8, 4) is 0 Å². The van der Waals surface area contributed by atoms with Crippen molar-refractivity contribution in [2.75, 3.05) is 13.1 Å². The van der Waals surface area contributed by atoms with Crippen molar-refractivity contribution >= 4 is 16.9 Å². The molecule has 3 rings (SSSR count). The predicted octanol–water partition coefficient (Wildman–Crippen LogP) is 2.59. The summed E-state index contributed by atoms with van der Waals surface area (Å²) in [5, 5.41) is 0. The number of halogens is 1. The highest BCUT2D eigenvalue weighted by Gasteiger charge is 2.28. The van der Waals surface area contributed by atoms with Gasteiger partial charge in [0.15, 0.2) is 0 Å². The Kier molecular flexibility index (Phi) is 4.49. The number of aryl methyl sites for hydroxylation is 2. The molecule has 0 spiro atoms. The van der Waals surface area contributed by atoms with Crippen molar-refractivity contribution in [3.63, 3.8) is 0 Å². The molecule has 2 unspecified atom stereocenters. The second-order valence-corrected chi connectivity index (χ2v) is 6.73. The van der Waals surface area contributed by atoms with E-state index in [2.05, 4.69) is 9.97 Å². The molecule has 1 aliphatic rings. The Labute approximate surface area is 141 Å². The Balaban J connectivity index is 2.02. The summed E-state index contributed by atoms with van der Waals surface area (Å²) in [6, 6.07) is 2.63. The smallest absolute Gasteiger partial charge is 0.256 e. The lowest BCUT2D eigenvalue weighted by molar-refractivity contribution is 0.0662. The van der Waals surface area contributed by atoms with Gasteiger partial charge in [0.2, 0.25) is 0 Å². The molecule has 5 nitrogen and oxygen atoms in total. The van der Waals surface area contributed by atoms with Gasteiger partial charge in [-0.3, -0.25) is 4.79 Å². The number of aromatic nitrogens is 2. The number of carbonyl (C=O) groups is 1. The minimum atomic E-state index is -0.468. The van der Waals surface area contributed by atoms with Gasteiger partial charge >= 0.3 is 0 Å². The van der Waals surface area contributed by atoms with Crippen molar-refractivity contribution < 1.29 is 9.18 Å². The lowest BCUT2D eigenvalue weighted by Gasteiger charge is -2.34. The molecule has 2 N–H and O–H groups in total. The first-order valence-corrected chi connectivity index (χ1v) is 8.36. The molecule has 128 valence electrons. The van der Waals surface area contributed by atoms with Gasteiger partial charge in [0.25, 0.3) is 5.91 Å². The summed E-state index contributed by atoms with van der Waals surface area (Å²) in [5.74, 6) is -0.385. The molecule has 0 aliphatic carbocycles. The summed E-state index contributed by atoms with van der Waals surface area (Å²) in [7, 11) is 0. The van der Waals surface area contributed by atoms with Gasteiger partial charge < -0.3 is 10.6 Å². The minimum absolute atomic E-state index is 0.0366. The molecular formula is C18H23FN4O. The zero-order chi connectivity index (χ0) is 17.4. The molecule has 2 heterocycles. The number of benzene rings is 1. The van der Waals surface area contributed by atoms with Gasteiger partial charge in [0.1, 0.15) is 11.3 Å². The number of fused-ring (bicyclic) bond motifs is 1. The summed E-state index contributed by atoms with van der Waals surface area (Å²) in [5.41, 5.74) is 8.65. The Bertz CT molecular complexity index is 790. The van der Waals surface area contributed by atoms with Crippen molar-refractivity contribution in [3.05, 3.63) is 34.9 Å². The van der Waals surface area contributed by atoms with E-state index in [0.717, 1.165) is 24.2 Å². The first-order chi connectivity index (χ1) is 11.4. The van der Waals surface area contributed by atoms with Gasteiger partial charge in [-0.25, -0.2) is 14.4 Å². The van der Waals surface area contributed by atoms with Crippen LogP contribution >= 0.6 is 0 Å². The zero-order valence-corrected chi connectivity index (χ0v) is 14.3. The number of nitrogens with two attached hydrogens (primary N) is 1. The molecule has 2 atom stereocenters. The number of carbonyl (C=O) groups excluding carboxylic acids is 1. The van der Waals surface area contributed by atoms with Gasteiger partial charge in [-0.15, -0.1) is 0 Å². The highest BCUT2D eigenvalue weighted by molar-refractivity contribution is 6.04. The third kappa shape index (κ3) is 3.11. The molecule has 2 aromatic rings. The number of nitrogens with zero attached hydrogens (tertiary/aromatic N) is 3. The topological polar surface area (TPSA) is 72.1 Å². The largest absolute Gasteiger partial charge is 0.338 e. The van der Waals surface area contributed by atoms with Crippen LogP contribution in [-0.4, -0.2) is 39.9 Å². The van der Waals surface area contributed by atoms with Crippen molar-refractivity contribution in [1.29, 1.82) is 0 Å². The van der Waals surface area contributed by atoms with Gasteiger partial charge in [-0.05, 0) is 45.6 Å². The van der Waals surface area contributed by atoms with Crippen LogP contribution in [0.5, 0.6) is 0 Å². The van der Waals surface area contributed by atoms with Gasteiger partial charge in [0, 0.05) is 25.2 Å². The van der Waals surface area contributed by atoms with E-state index in [1.165, 1.54) is 12.1 Å². The molecule has 0 bridgehead atoms. The molecule has 0 saturated carbocycles. The van der Waals surface area contributed by atoms with Crippen LogP contribution in [0.4, 0.5) is 4.39 Å². The second-order valence-electron chi connectivity index (χ2n) is 6.73. The molecule has 1 fully saturated rings. The third-order valence-corrected chi connectivity index (χ3v) is 4.86. The zero-order valence-electron chi connectivity index (χ0n) is 14.3. The normalized spacial score (nSPS) is 19.5. The monoisotopic (exact) mass is 330 g/mol. The Hall–Kier alpha value is -2.08. The fourth-order valence-electron chi connectivity index (χ4n) is 3.25. The molecule has 1 aliphatic heterocycles. The van der Waals surface area contributed by atoms with Crippen molar-refractivity contribution in [2.24, 2.45) is 11.7 Å². The number of hydrogen-bond acceptors (Lipinski definition) is 4. The highest BCUT2D eigenvalue weighted by Crippen LogP contribution is 2.24. The molecule has 24 heavy (non-hydrogen) atoms. The van der Waals surface area contributed by atoms with Crippen LogP contribution < -0.4 is 5.73 Å². The van der Waals surface area contributed by atoms with Crippen molar-refractivity contribution in [1.82, 2.24) is 14.9 Å². The quantitative estimate of drug-likeness (QED) is 0.918. The van der Waals surface area contributed by atoms with E-state index >= 15 is 0 Å². The summed E-state index contributed by atoms with van der Waals surface area (Å²) in [6.07, 6.45) is 1.93. The average Bonchev–Trinajstić information content (AvgIpc) is 2.55. The van der Waals surface area contributed by atoms with Crippen molar-refractivity contribution in [2.45, 2.75) is 39.7 Å². The summed E-state index contributed by atoms with van der Waals surface area (Å²) < 4.78 is 14.0. The average molecular weight is 330 g/mol. The van der Waals surface area contributed by atoms with E-state index in [0.29, 0.717) is 24.1 Å². The predicted molar refractivity (Wildman–Crippen MR) is 91.2 cm³/mol. The summed E-state index contributed by atoms with van der Waals surface area (Å²) in [6.45, 7) is 6.90. The Morgan fingerprint density at radius 1 is 1.33 bits per heavy atom. The second kappa shape index (κ2) is 6.43. The molecule has 1 saturated heterocycles.